The zero-order valence-electron chi connectivity index (χ0n) is 12.9. The molecule has 1 aliphatic heterocycles. The smallest absolute Gasteiger partial charge is 0.0998 e. The maximum Gasteiger partial charge on any atom is 0.0998 e. The molecule has 0 radical (unpaired) electrons. The summed E-state index contributed by atoms with van der Waals surface area (Å²) >= 11 is 0. The molecule has 0 spiro atoms. The van der Waals surface area contributed by atoms with Gasteiger partial charge >= 0.3 is 0 Å². The van der Waals surface area contributed by atoms with Crippen molar-refractivity contribution >= 4 is 17.3 Å². The molecule has 0 unspecified atom stereocenters. The third-order valence-electron chi connectivity index (χ3n) is 4.23. The second kappa shape index (κ2) is 6.49. The third-order valence-corrected chi connectivity index (χ3v) is 4.23. The van der Waals surface area contributed by atoms with Crippen LogP contribution in [0.3, 0.4) is 0 Å². The maximum atomic E-state index is 9.43. The van der Waals surface area contributed by atoms with E-state index in [9.17, 15) is 5.26 Å². The Morgan fingerprint density at radius 2 is 1.82 bits per heavy atom. The minimum atomic E-state index is 0.706. The molecule has 0 aromatic heterocycles. The van der Waals surface area contributed by atoms with Crippen molar-refractivity contribution in [2.24, 2.45) is 0 Å². The molecule has 110 valence electrons. The fourth-order valence-electron chi connectivity index (χ4n) is 2.95. The van der Waals surface area contributed by atoms with Crippen molar-refractivity contribution in [2.45, 2.75) is 19.8 Å². The predicted octanol–water partition coefficient (Wildman–Crippen LogP) is 4.66. The Kier molecular flexibility index (Phi) is 4.25. The predicted molar refractivity (Wildman–Crippen MR) is 92.6 cm³/mol. The van der Waals surface area contributed by atoms with Gasteiger partial charge in [0.05, 0.1) is 11.6 Å². The molecular weight excluding hydrogens is 268 g/mol. The van der Waals surface area contributed by atoms with Crippen LogP contribution in [0, 0.1) is 18.3 Å². The fourth-order valence-corrected chi connectivity index (χ4v) is 2.95. The summed E-state index contributed by atoms with van der Waals surface area (Å²) in [5, 5.41) is 9.43. The van der Waals surface area contributed by atoms with Crippen LogP contribution >= 0.6 is 0 Å². The molecule has 2 heteroatoms. The van der Waals surface area contributed by atoms with Gasteiger partial charge in [-0.15, -0.1) is 0 Å². The van der Waals surface area contributed by atoms with E-state index in [4.69, 9.17) is 0 Å². The lowest BCUT2D eigenvalue weighted by molar-refractivity contribution is 0.949. The van der Waals surface area contributed by atoms with Gasteiger partial charge < -0.3 is 4.90 Å². The van der Waals surface area contributed by atoms with Crippen molar-refractivity contribution in [3.05, 3.63) is 65.2 Å². The average Bonchev–Trinajstić information content (AvgIpc) is 3.09. The second-order valence-corrected chi connectivity index (χ2v) is 5.77. The zero-order valence-corrected chi connectivity index (χ0v) is 12.9. The average molecular weight is 288 g/mol. The van der Waals surface area contributed by atoms with E-state index in [0.29, 0.717) is 5.57 Å². The normalized spacial score (nSPS) is 14.9. The fraction of sp³-hybridized carbons (Fsp3) is 0.250. The Balaban J connectivity index is 1.91. The molecular formula is C20H20N2. The highest BCUT2D eigenvalue weighted by atomic mass is 15.1. The van der Waals surface area contributed by atoms with Gasteiger partial charge in [-0.3, -0.25) is 0 Å². The van der Waals surface area contributed by atoms with Crippen LogP contribution in [-0.2, 0) is 0 Å². The highest BCUT2D eigenvalue weighted by Crippen LogP contribution is 2.25. The standard InChI is InChI=1S/C20H20N2/c1-16-13-20(22-11-5-6-12-22)10-9-18(16)14-19(15-21)17-7-3-2-4-8-17/h2-4,7-10,13-14H,5-6,11-12H2,1H3. The van der Waals surface area contributed by atoms with Gasteiger partial charge in [0, 0.05) is 18.8 Å². The van der Waals surface area contributed by atoms with E-state index in [0.717, 1.165) is 24.2 Å². The molecule has 2 nitrogen and oxygen atoms in total. The Bertz CT molecular complexity index is 717. The number of hydrogen-bond acceptors (Lipinski definition) is 2. The van der Waals surface area contributed by atoms with Crippen molar-refractivity contribution in [2.75, 3.05) is 18.0 Å². The van der Waals surface area contributed by atoms with Gasteiger partial charge in [0.25, 0.3) is 0 Å². The van der Waals surface area contributed by atoms with Crippen LogP contribution in [0.2, 0.25) is 0 Å². The molecule has 3 rings (SSSR count). The molecule has 0 N–H and O–H groups in total. The van der Waals surface area contributed by atoms with Crippen LogP contribution in [0.15, 0.2) is 48.5 Å². The van der Waals surface area contributed by atoms with Gasteiger partial charge in [0.15, 0.2) is 0 Å². The summed E-state index contributed by atoms with van der Waals surface area (Å²) in [7, 11) is 0. The number of hydrogen-bond donors (Lipinski definition) is 0. The van der Waals surface area contributed by atoms with E-state index in [-0.39, 0.29) is 0 Å². The first-order valence-electron chi connectivity index (χ1n) is 7.81. The maximum absolute atomic E-state index is 9.43. The molecule has 0 aliphatic carbocycles. The van der Waals surface area contributed by atoms with Gasteiger partial charge in [0.1, 0.15) is 0 Å². The van der Waals surface area contributed by atoms with Gasteiger partial charge in [-0.05, 0) is 54.7 Å². The topological polar surface area (TPSA) is 27.0 Å². The number of rotatable bonds is 3. The first-order chi connectivity index (χ1) is 10.8. The van der Waals surface area contributed by atoms with E-state index < -0.39 is 0 Å². The van der Waals surface area contributed by atoms with Crippen LogP contribution in [-0.4, -0.2) is 13.1 Å². The minimum absolute atomic E-state index is 0.706. The van der Waals surface area contributed by atoms with Crippen LogP contribution in [0.25, 0.3) is 11.6 Å². The van der Waals surface area contributed by atoms with Gasteiger partial charge in [-0.25, -0.2) is 0 Å². The first kappa shape index (κ1) is 14.4. The lowest BCUT2D eigenvalue weighted by Gasteiger charge is -2.18. The zero-order chi connectivity index (χ0) is 15.4. The molecule has 0 saturated carbocycles. The molecule has 1 aliphatic rings. The summed E-state index contributed by atoms with van der Waals surface area (Å²) in [4.78, 5) is 2.43. The Morgan fingerprint density at radius 3 is 2.45 bits per heavy atom. The summed E-state index contributed by atoms with van der Waals surface area (Å²) in [6.07, 6.45) is 4.55. The lowest BCUT2D eigenvalue weighted by atomic mass is 10.0. The van der Waals surface area contributed by atoms with Crippen molar-refractivity contribution in [3.63, 3.8) is 0 Å². The van der Waals surface area contributed by atoms with E-state index in [1.807, 2.05) is 36.4 Å². The van der Waals surface area contributed by atoms with Crippen LogP contribution < -0.4 is 4.90 Å². The highest BCUT2D eigenvalue weighted by Gasteiger charge is 2.12. The van der Waals surface area contributed by atoms with Crippen LogP contribution in [0.1, 0.15) is 29.5 Å². The van der Waals surface area contributed by atoms with E-state index in [1.54, 1.807) is 0 Å². The number of anilines is 1. The molecule has 0 amide bonds. The number of aryl methyl sites for hydroxylation is 1. The molecule has 0 bridgehead atoms. The third kappa shape index (κ3) is 3.04. The molecule has 1 heterocycles. The lowest BCUT2D eigenvalue weighted by Crippen LogP contribution is -2.17. The van der Waals surface area contributed by atoms with Crippen molar-refractivity contribution in [1.29, 1.82) is 5.26 Å². The molecule has 2 aromatic rings. The Labute approximate surface area is 132 Å². The summed E-state index contributed by atoms with van der Waals surface area (Å²) in [5.74, 6) is 0. The number of allylic oxidation sites excluding steroid dienone is 1. The van der Waals surface area contributed by atoms with E-state index >= 15 is 0 Å². The second-order valence-electron chi connectivity index (χ2n) is 5.77. The van der Waals surface area contributed by atoms with Crippen molar-refractivity contribution in [1.82, 2.24) is 0 Å². The van der Waals surface area contributed by atoms with E-state index in [2.05, 4.69) is 36.1 Å². The summed E-state index contributed by atoms with van der Waals surface area (Å²) in [6, 6.07) is 18.7. The SMILES string of the molecule is Cc1cc(N2CCCC2)ccc1C=C(C#N)c1ccccc1. The summed E-state index contributed by atoms with van der Waals surface area (Å²) in [6.45, 7) is 4.43. The molecule has 1 fully saturated rings. The summed E-state index contributed by atoms with van der Waals surface area (Å²) in [5.41, 5.74) is 5.30. The molecule has 2 aromatic carbocycles. The van der Waals surface area contributed by atoms with Gasteiger partial charge in [-0.2, -0.15) is 5.26 Å². The minimum Gasteiger partial charge on any atom is -0.372 e. The van der Waals surface area contributed by atoms with Crippen LogP contribution in [0.4, 0.5) is 5.69 Å². The van der Waals surface area contributed by atoms with Gasteiger partial charge in [-0.1, -0.05) is 36.4 Å². The monoisotopic (exact) mass is 288 g/mol. The quantitative estimate of drug-likeness (QED) is 0.606. The Morgan fingerprint density at radius 1 is 1.09 bits per heavy atom. The number of nitrogens with zero attached hydrogens (tertiary/aromatic N) is 2. The summed E-state index contributed by atoms with van der Waals surface area (Å²) < 4.78 is 0. The van der Waals surface area contributed by atoms with Crippen molar-refractivity contribution < 1.29 is 0 Å². The largest absolute Gasteiger partial charge is 0.372 e. The number of nitriles is 1. The molecule has 1 saturated heterocycles. The van der Waals surface area contributed by atoms with Crippen molar-refractivity contribution in [3.8, 4) is 6.07 Å². The highest BCUT2D eigenvalue weighted by molar-refractivity contribution is 5.90. The number of benzene rings is 2. The Hall–Kier alpha value is -2.53. The van der Waals surface area contributed by atoms with E-state index in [1.165, 1.54) is 24.1 Å². The molecule has 22 heavy (non-hydrogen) atoms. The first-order valence-corrected chi connectivity index (χ1v) is 7.81. The van der Waals surface area contributed by atoms with Gasteiger partial charge in [0.2, 0.25) is 0 Å². The van der Waals surface area contributed by atoms with Crippen LogP contribution in [0.5, 0.6) is 0 Å². The molecule has 0 atom stereocenters.